The lowest BCUT2D eigenvalue weighted by atomic mass is 9.83. The summed E-state index contributed by atoms with van der Waals surface area (Å²) in [5.41, 5.74) is 8.03. The van der Waals surface area contributed by atoms with Gasteiger partial charge in [0.2, 0.25) is 0 Å². The molecule has 0 bridgehead atoms. The normalized spacial score (nSPS) is 11.9. The van der Waals surface area contributed by atoms with E-state index in [0.717, 1.165) is 15.1 Å². The van der Waals surface area contributed by atoms with Crippen LogP contribution in [0.1, 0.15) is 50.7 Å². The van der Waals surface area contributed by atoms with Gasteiger partial charge in [-0.25, -0.2) is 9.97 Å². The molecule has 3 nitrogen and oxygen atoms in total. The van der Waals surface area contributed by atoms with Crippen LogP contribution in [-0.4, -0.2) is 9.97 Å². The van der Waals surface area contributed by atoms with Crippen LogP contribution in [0.3, 0.4) is 0 Å². The number of benzene rings is 1. The Balaban J connectivity index is 2.58. The molecular weight excluding hydrogens is 361 g/mol. The third kappa shape index (κ3) is 2.80. The zero-order valence-electron chi connectivity index (χ0n) is 12.3. The maximum atomic E-state index is 6.08. The van der Waals surface area contributed by atoms with Crippen molar-refractivity contribution in [2.45, 2.75) is 39.0 Å². The fourth-order valence-electron chi connectivity index (χ4n) is 2.13. The molecule has 0 radical (unpaired) electrons. The van der Waals surface area contributed by atoms with Crippen LogP contribution in [0.5, 0.6) is 0 Å². The van der Waals surface area contributed by atoms with Gasteiger partial charge in [-0.05, 0) is 47.9 Å². The van der Waals surface area contributed by atoms with Crippen molar-refractivity contribution in [2.75, 3.05) is 5.73 Å². The smallest absolute Gasteiger partial charge is 0.141 e. The van der Waals surface area contributed by atoms with E-state index in [2.05, 4.69) is 67.4 Å². The molecule has 0 aliphatic rings. The molecular formula is C16H20IN3. The van der Waals surface area contributed by atoms with Gasteiger partial charge in [0.15, 0.2) is 0 Å². The number of nitrogens with two attached hydrogens (primary N) is 1. The minimum absolute atomic E-state index is 0.261. The van der Waals surface area contributed by atoms with Crippen molar-refractivity contribution in [2.24, 2.45) is 0 Å². The van der Waals surface area contributed by atoms with Crippen molar-refractivity contribution in [3.63, 3.8) is 0 Å². The lowest BCUT2D eigenvalue weighted by Crippen LogP contribution is -2.24. The molecule has 2 N–H and O–H groups in total. The highest BCUT2D eigenvalue weighted by Gasteiger charge is 2.28. The Labute approximate surface area is 134 Å². The van der Waals surface area contributed by atoms with Crippen LogP contribution in [0.2, 0.25) is 0 Å². The fraction of sp³-hybridized carbons (Fsp3) is 0.375. The molecule has 1 aromatic heterocycles. The summed E-state index contributed by atoms with van der Waals surface area (Å²) < 4.78 is 0.963. The molecule has 0 fully saturated rings. The summed E-state index contributed by atoms with van der Waals surface area (Å²) in [5.74, 6) is 1.69. The van der Waals surface area contributed by atoms with Crippen LogP contribution in [0.15, 0.2) is 30.3 Å². The Bertz CT molecular complexity index is 607. The molecule has 0 unspecified atom stereocenters. The Hall–Kier alpha value is -1.17. The first-order chi connectivity index (χ1) is 9.34. The molecule has 0 atom stereocenters. The molecule has 0 aliphatic heterocycles. The number of nitrogen functional groups attached to an aromatic ring is 1. The predicted molar refractivity (Wildman–Crippen MR) is 91.8 cm³/mol. The molecule has 1 aromatic carbocycles. The summed E-state index contributed by atoms with van der Waals surface area (Å²) in [6.45, 7) is 8.52. The highest BCUT2D eigenvalue weighted by atomic mass is 127. The number of hydrogen-bond donors (Lipinski definition) is 1. The fourth-order valence-corrected chi connectivity index (χ4v) is 2.99. The van der Waals surface area contributed by atoms with Gasteiger partial charge >= 0.3 is 0 Å². The summed E-state index contributed by atoms with van der Waals surface area (Å²) in [6.07, 6.45) is 0. The number of aromatic nitrogens is 2. The van der Waals surface area contributed by atoms with Crippen molar-refractivity contribution >= 4 is 28.4 Å². The van der Waals surface area contributed by atoms with E-state index in [0.29, 0.717) is 11.7 Å². The molecule has 0 spiro atoms. The average Bonchev–Trinajstić information content (AvgIpc) is 2.42. The second-order valence-electron chi connectivity index (χ2n) is 5.78. The second kappa shape index (κ2) is 5.68. The van der Waals surface area contributed by atoms with Crippen molar-refractivity contribution in [3.05, 3.63) is 51.0 Å². The van der Waals surface area contributed by atoms with Gasteiger partial charge in [-0.1, -0.05) is 44.2 Å². The van der Waals surface area contributed by atoms with E-state index in [9.17, 15) is 0 Å². The van der Waals surface area contributed by atoms with E-state index in [1.807, 2.05) is 18.2 Å². The van der Waals surface area contributed by atoms with Crippen LogP contribution in [0.25, 0.3) is 0 Å². The molecule has 0 amide bonds. The molecule has 4 heteroatoms. The number of nitrogens with zero attached hydrogens (tertiary/aromatic N) is 2. The van der Waals surface area contributed by atoms with Crippen molar-refractivity contribution in [3.8, 4) is 0 Å². The van der Waals surface area contributed by atoms with Gasteiger partial charge in [0, 0.05) is 5.41 Å². The van der Waals surface area contributed by atoms with E-state index in [1.165, 1.54) is 5.56 Å². The van der Waals surface area contributed by atoms with Gasteiger partial charge in [-0.3, -0.25) is 0 Å². The monoisotopic (exact) mass is 381 g/mol. The van der Waals surface area contributed by atoms with Gasteiger partial charge in [0.05, 0.1) is 9.26 Å². The first-order valence-electron chi connectivity index (χ1n) is 6.73. The highest BCUT2D eigenvalue weighted by Crippen LogP contribution is 2.32. The second-order valence-corrected chi connectivity index (χ2v) is 6.86. The first-order valence-corrected chi connectivity index (χ1v) is 7.80. The summed E-state index contributed by atoms with van der Waals surface area (Å²) in [6, 6.07) is 10.3. The van der Waals surface area contributed by atoms with E-state index in [-0.39, 0.29) is 5.41 Å². The zero-order valence-corrected chi connectivity index (χ0v) is 14.5. The summed E-state index contributed by atoms with van der Waals surface area (Å²) >= 11 is 2.23. The van der Waals surface area contributed by atoms with Crippen LogP contribution in [0.4, 0.5) is 5.82 Å². The van der Waals surface area contributed by atoms with Crippen LogP contribution in [0, 0.1) is 3.57 Å². The summed E-state index contributed by atoms with van der Waals surface area (Å²) in [4.78, 5) is 9.31. The highest BCUT2D eigenvalue weighted by molar-refractivity contribution is 14.1. The Morgan fingerprint density at radius 1 is 1.10 bits per heavy atom. The topological polar surface area (TPSA) is 51.8 Å². The van der Waals surface area contributed by atoms with Gasteiger partial charge in [0.1, 0.15) is 11.6 Å². The van der Waals surface area contributed by atoms with Gasteiger partial charge in [0.25, 0.3) is 0 Å². The summed E-state index contributed by atoms with van der Waals surface area (Å²) in [5, 5.41) is 0. The van der Waals surface area contributed by atoms with Crippen LogP contribution in [-0.2, 0) is 5.41 Å². The lowest BCUT2D eigenvalue weighted by molar-refractivity contribution is 0.581. The molecule has 106 valence electrons. The average molecular weight is 381 g/mol. The van der Waals surface area contributed by atoms with E-state index < -0.39 is 0 Å². The van der Waals surface area contributed by atoms with Gasteiger partial charge in [-0.2, -0.15) is 0 Å². The maximum Gasteiger partial charge on any atom is 0.141 e. The number of hydrogen-bond acceptors (Lipinski definition) is 3. The Morgan fingerprint density at radius 3 is 2.25 bits per heavy atom. The third-order valence-electron chi connectivity index (χ3n) is 3.50. The maximum absolute atomic E-state index is 6.08. The SMILES string of the molecule is CC(C)c1nc(C(C)(C)c2ccccc2)nc(N)c1I. The molecule has 0 aliphatic carbocycles. The Morgan fingerprint density at radius 2 is 1.70 bits per heavy atom. The summed E-state index contributed by atoms with van der Waals surface area (Å²) in [7, 11) is 0. The molecule has 1 heterocycles. The quantitative estimate of drug-likeness (QED) is 0.814. The van der Waals surface area contributed by atoms with Crippen LogP contribution >= 0.6 is 22.6 Å². The standard InChI is InChI=1S/C16H20IN3/c1-10(2)13-12(17)14(18)20-15(19-13)16(3,4)11-8-6-5-7-9-11/h5-10H,1-4H3,(H2,18,19,20). The third-order valence-corrected chi connectivity index (χ3v) is 4.61. The van der Waals surface area contributed by atoms with E-state index in [4.69, 9.17) is 10.7 Å². The predicted octanol–water partition coefficient (Wildman–Crippen LogP) is 4.11. The zero-order chi connectivity index (χ0) is 14.9. The lowest BCUT2D eigenvalue weighted by Gasteiger charge is -2.25. The number of halogens is 1. The van der Waals surface area contributed by atoms with Crippen molar-refractivity contribution in [1.82, 2.24) is 9.97 Å². The van der Waals surface area contributed by atoms with E-state index in [1.54, 1.807) is 0 Å². The molecule has 0 saturated carbocycles. The molecule has 0 saturated heterocycles. The minimum Gasteiger partial charge on any atom is -0.383 e. The number of anilines is 1. The largest absolute Gasteiger partial charge is 0.383 e. The van der Waals surface area contributed by atoms with E-state index >= 15 is 0 Å². The van der Waals surface area contributed by atoms with Gasteiger partial charge in [-0.15, -0.1) is 0 Å². The first kappa shape index (κ1) is 15.2. The van der Waals surface area contributed by atoms with Crippen LogP contribution < -0.4 is 5.73 Å². The molecule has 2 rings (SSSR count). The van der Waals surface area contributed by atoms with Crippen molar-refractivity contribution in [1.29, 1.82) is 0 Å². The minimum atomic E-state index is -0.261. The van der Waals surface area contributed by atoms with Crippen molar-refractivity contribution < 1.29 is 0 Å². The molecule has 2 aromatic rings. The Kier molecular flexibility index (Phi) is 4.32. The number of rotatable bonds is 3. The van der Waals surface area contributed by atoms with Gasteiger partial charge < -0.3 is 5.73 Å². The molecule has 20 heavy (non-hydrogen) atoms.